The average Bonchev–Trinajstić information content (AvgIpc) is 2.41. The Kier molecular flexibility index (Phi) is 6.40. The number of hydrogen-bond acceptors (Lipinski definition) is 4. The molecule has 1 amide bonds. The number of ether oxygens (including phenoxy) is 1. The van der Waals surface area contributed by atoms with Crippen molar-refractivity contribution in [1.82, 2.24) is 5.32 Å². The topological polar surface area (TPSA) is 59.9 Å². The summed E-state index contributed by atoms with van der Waals surface area (Å²) in [6.45, 7) is 9.52. The molecule has 122 valence electrons. The van der Waals surface area contributed by atoms with Gasteiger partial charge in [-0.3, -0.25) is 0 Å². The van der Waals surface area contributed by atoms with Crippen LogP contribution in [0, 0.1) is 5.92 Å². The molecular weight excluding hydrogens is 280 g/mol. The minimum Gasteiger partial charge on any atom is -0.444 e. The van der Waals surface area contributed by atoms with E-state index in [0.717, 1.165) is 5.56 Å². The molecule has 0 fully saturated rings. The maximum atomic E-state index is 12.1. The standard InChI is InChI=1S/C17H26N2O3/c1-12(2)14(18-16(20)22-17(3,4)5)15(19-21-6)13-10-8-7-9-11-13/h7-12,14H,1-6H3,(H,18,20)/t14-/m0/s1. The zero-order valence-electron chi connectivity index (χ0n) is 14.2. The Morgan fingerprint density at radius 3 is 2.23 bits per heavy atom. The van der Waals surface area contributed by atoms with E-state index in [4.69, 9.17) is 9.57 Å². The molecule has 1 rings (SSSR count). The Labute approximate surface area is 132 Å². The fourth-order valence-electron chi connectivity index (χ4n) is 1.98. The Morgan fingerprint density at radius 2 is 1.77 bits per heavy atom. The van der Waals surface area contributed by atoms with E-state index in [1.807, 2.05) is 65.0 Å². The number of rotatable bonds is 5. The maximum absolute atomic E-state index is 12.1. The van der Waals surface area contributed by atoms with Crippen LogP contribution in [0.15, 0.2) is 35.5 Å². The van der Waals surface area contributed by atoms with Crippen molar-refractivity contribution in [3.8, 4) is 0 Å². The second-order valence-electron chi connectivity index (χ2n) is 6.39. The van der Waals surface area contributed by atoms with Crippen molar-refractivity contribution in [2.75, 3.05) is 7.11 Å². The lowest BCUT2D eigenvalue weighted by atomic mass is 9.94. The summed E-state index contributed by atoms with van der Waals surface area (Å²) in [7, 11) is 1.49. The van der Waals surface area contributed by atoms with Crippen molar-refractivity contribution in [3.05, 3.63) is 35.9 Å². The van der Waals surface area contributed by atoms with Crippen LogP contribution in [0.1, 0.15) is 40.2 Å². The molecule has 1 aromatic rings. The summed E-state index contributed by atoms with van der Waals surface area (Å²) in [4.78, 5) is 17.1. The summed E-state index contributed by atoms with van der Waals surface area (Å²) >= 11 is 0. The van der Waals surface area contributed by atoms with Gasteiger partial charge in [-0.1, -0.05) is 49.3 Å². The summed E-state index contributed by atoms with van der Waals surface area (Å²) in [5, 5.41) is 7.00. The molecule has 5 heteroatoms. The predicted octanol–water partition coefficient (Wildman–Crippen LogP) is 3.59. The molecule has 0 saturated carbocycles. The number of benzene rings is 1. The molecule has 22 heavy (non-hydrogen) atoms. The van der Waals surface area contributed by atoms with Crippen molar-refractivity contribution >= 4 is 11.8 Å². The van der Waals surface area contributed by atoms with Gasteiger partial charge in [-0.15, -0.1) is 0 Å². The molecule has 0 unspecified atom stereocenters. The van der Waals surface area contributed by atoms with E-state index < -0.39 is 11.7 Å². The summed E-state index contributed by atoms with van der Waals surface area (Å²) < 4.78 is 5.34. The zero-order chi connectivity index (χ0) is 16.8. The second kappa shape index (κ2) is 7.82. The van der Waals surface area contributed by atoms with Gasteiger partial charge in [0.1, 0.15) is 18.4 Å². The van der Waals surface area contributed by atoms with Gasteiger partial charge in [-0.25, -0.2) is 4.79 Å². The molecule has 1 N–H and O–H groups in total. The Hall–Kier alpha value is -2.04. The normalized spacial score (nSPS) is 13.7. The summed E-state index contributed by atoms with van der Waals surface area (Å²) in [5.74, 6) is 0.127. The van der Waals surface area contributed by atoms with E-state index in [2.05, 4.69) is 10.5 Å². The number of hydrogen-bond donors (Lipinski definition) is 1. The van der Waals surface area contributed by atoms with Gasteiger partial charge in [0.15, 0.2) is 0 Å². The predicted molar refractivity (Wildman–Crippen MR) is 88.0 cm³/mol. The first kappa shape index (κ1) is 18.0. The van der Waals surface area contributed by atoms with Gasteiger partial charge in [0, 0.05) is 5.56 Å². The highest BCUT2D eigenvalue weighted by molar-refractivity contribution is 6.05. The molecule has 1 atom stereocenters. The molecule has 0 heterocycles. The van der Waals surface area contributed by atoms with Gasteiger partial charge in [-0.2, -0.15) is 0 Å². The third-order valence-electron chi connectivity index (χ3n) is 2.89. The van der Waals surface area contributed by atoms with Crippen LogP contribution in [0.2, 0.25) is 0 Å². The van der Waals surface area contributed by atoms with Gasteiger partial charge in [0.2, 0.25) is 0 Å². The van der Waals surface area contributed by atoms with E-state index in [1.54, 1.807) is 0 Å². The minimum atomic E-state index is -0.545. The van der Waals surface area contributed by atoms with Crippen LogP contribution < -0.4 is 5.32 Å². The Balaban J connectivity index is 3.01. The summed E-state index contributed by atoms with van der Waals surface area (Å²) in [6.07, 6.45) is -0.467. The first-order valence-corrected chi connectivity index (χ1v) is 7.40. The minimum absolute atomic E-state index is 0.127. The van der Waals surface area contributed by atoms with Crippen LogP contribution >= 0.6 is 0 Å². The first-order chi connectivity index (χ1) is 10.2. The highest BCUT2D eigenvalue weighted by atomic mass is 16.6. The van der Waals surface area contributed by atoms with Crippen molar-refractivity contribution in [3.63, 3.8) is 0 Å². The molecule has 0 aliphatic carbocycles. The second-order valence-corrected chi connectivity index (χ2v) is 6.39. The maximum Gasteiger partial charge on any atom is 0.408 e. The van der Waals surface area contributed by atoms with Crippen LogP contribution in [-0.4, -0.2) is 30.6 Å². The van der Waals surface area contributed by atoms with Gasteiger partial charge >= 0.3 is 6.09 Å². The number of oxime groups is 1. The summed E-state index contributed by atoms with van der Waals surface area (Å²) in [6, 6.07) is 9.34. The molecule has 0 saturated heterocycles. The number of nitrogens with zero attached hydrogens (tertiary/aromatic N) is 1. The molecule has 5 nitrogen and oxygen atoms in total. The Bertz CT molecular complexity index is 504. The molecule has 0 bridgehead atoms. The van der Waals surface area contributed by atoms with Crippen molar-refractivity contribution in [2.24, 2.45) is 11.1 Å². The molecule has 0 aromatic heterocycles. The quantitative estimate of drug-likeness (QED) is 0.668. The Morgan fingerprint density at radius 1 is 1.18 bits per heavy atom. The molecule has 0 radical (unpaired) electrons. The van der Waals surface area contributed by atoms with Gasteiger partial charge in [0.25, 0.3) is 0 Å². The van der Waals surface area contributed by atoms with E-state index in [-0.39, 0.29) is 12.0 Å². The monoisotopic (exact) mass is 306 g/mol. The van der Waals surface area contributed by atoms with E-state index in [1.165, 1.54) is 7.11 Å². The van der Waals surface area contributed by atoms with Gasteiger partial charge in [-0.05, 0) is 26.7 Å². The third-order valence-corrected chi connectivity index (χ3v) is 2.89. The van der Waals surface area contributed by atoms with Gasteiger partial charge in [0.05, 0.1) is 6.04 Å². The van der Waals surface area contributed by atoms with Crippen molar-refractivity contribution in [1.29, 1.82) is 0 Å². The molecule has 0 aliphatic rings. The highest BCUT2D eigenvalue weighted by Gasteiger charge is 2.26. The van der Waals surface area contributed by atoms with Crippen LogP contribution in [-0.2, 0) is 9.57 Å². The fraction of sp³-hybridized carbons (Fsp3) is 0.529. The molecule has 1 aromatic carbocycles. The summed E-state index contributed by atoms with van der Waals surface area (Å²) in [5.41, 5.74) is 1.03. The number of nitrogens with one attached hydrogen (secondary N) is 1. The highest BCUT2D eigenvalue weighted by Crippen LogP contribution is 2.14. The molecule has 0 spiro atoms. The number of carbonyl (C=O) groups is 1. The van der Waals surface area contributed by atoms with E-state index >= 15 is 0 Å². The smallest absolute Gasteiger partial charge is 0.408 e. The number of alkyl carbamates (subject to hydrolysis) is 1. The van der Waals surface area contributed by atoms with Crippen LogP contribution in [0.5, 0.6) is 0 Å². The molecule has 0 aliphatic heterocycles. The SMILES string of the molecule is CON=C(c1ccccc1)[C@@H](NC(=O)OC(C)(C)C)C(C)C. The third kappa shape index (κ3) is 5.76. The largest absolute Gasteiger partial charge is 0.444 e. The average molecular weight is 306 g/mol. The van der Waals surface area contributed by atoms with Crippen molar-refractivity contribution < 1.29 is 14.4 Å². The first-order valence-electron chi connectivity index (χ1n) is 7.40. The van der Waals surface area contributed by atoms with E-state index in [9.17, 15) is 4.79 Å². The van der Waals surface area contributed by atoms with Crippen LogP contribution in [0.4, 0.5) is 4.79 Å². The van der Waals surface area contributed by atoms with Crippen LogP contribution in [0.3, 0.4) is 0 Å². The van der Waals surface area contributed by atoms with E-state index in [0.29, 0.717) is 5.71 Å². The zero-order valence-corrected chi connectivity index (χ0v) is 14.2. The van der Waals surface area contributed by atoms with Crippen molar-refractivity contribution in [2.45, 2.75) is 46.3 Å². The number of carbonyl (C=O) groups excluding carboxylic acids is 1. The molecular formula is C17H26N2O3. The fourth-order valence-corrected chi connectivity index (χ4v) is 1.98. The lowest BCUT2D eigenvalue weighted by molar-refractivity contribution is 0.0507. The lowest BCUT2D eigenvalue weighted by Gasteiger charge is -2.26. The lowest BCUT2D eigenvalue weighted by Crippen LogP contribution is -2.46. The number of amides is 1. The van der Waals surface area contributed by atoms with Crippen LogP contribution in [0.25, 0.3) is 0 Å². The van der Waals surface area contributed by atoms with Gasteiger partial charge < -0.3 is 14.9 Å².